The van der Waals surface area contributed by atoms with Crippen LogP contribution in [0.4, 0.5) is 20.3 Å². The van der Waals surface area contributed by atoms with Crippen molar-refractivity contribution in [1.29, 1.82) is 0 Å². The van der Waals surface area contributed by atoms with E-state index in [2.05, 4.69) is 99.4 Å². The monoisotopic (exact) mass is 992 g/mol. The van der Waals surface area contributed by atoms with E-state index < -0.39 is 17.0 Å². The van der Waals surface area contributed by atoms with Crippen molar-refractivity contribution < 1.29 is 8.78 Å². The lowest BCUT2D eigenvalue weighted by Gasteiger charge is -2.44. The van der Waals surface area contributed by atoms with E-state index in [9.17, 15) is 0 Å². The Hall–Kier alpha value is -6.04. The van der Waals surface area contributed by atoms with Gasteiger partial charge in [0.05, 0.1) is 16.2 Å². The highest BCUT2D eigenvalue weighted by Gasteiger charge is 2.48. The van der Waals surface area contributed by atoms with Gasteiger partial charge in [0, 0.05) is 134 Å². The van der Waals surface area contributed by atoms with E-state index >= 15 is 8.78 Å². The maximum absolute atomic E-state index is 16.6. The summed E-state index contributed by atoms with van der Waals surface area (Å²) >= 11 is 6.91. The normalized spacial score (nSPS) is 21.4. The molecule has 2 unspecified atom stereocenters. The smallest absolute Gasteiger partial charge is 0.164 e. The number of nitrogens with two attached hydrogens (primary N) is 1. The number of rotatable bonds is 13. The van der Waals surface area contributed by atoms with Gasteiger partial charge in [-0.15, -0.1) is 0 Å². The lowest BCUT2D eigenvalue weighted by atomic mass is 9.70. The molecule has 4 aromatic carbocycles. The van der Waals surface area contributed by atoms with Crippen LogP contribution in [0.2, 0.25) is 5.02 Å². The van der Waals surface area contributed by atoms with E-state index in [1.54, 1.807) is 18.2 Å². The van der Waals surface area contributed by atoms with E-state index in [-0.39, 0.29) is 22.2 Å². The number of benzene rings is 4. The Balaban J connectivity index is 0.746. The Bertz CT molecular complexity index is 2940. The third-order valence-corrected chi connectivity index (χ3v) is 17.7. The second-order valence-electron chi connectivity index (χ2n) is 21.2. The molecule has 0 saturated carbocycles. The molecule has 0 bridgehead atoms. The number of hydrogen-bond acceptors (Lipinski definition) is 8. The molecule has 72 heavy (non-hydrogen) atoms. The molecule has 1 aliphatic carbocycles. The zero-order valence-electron chi connectivity index (χ0n) is 42.6. The van der Waals surface area contributed by atoms with E-state index in [4.69, 9.17) is 35.6 Å². The third kappa shape index (κ3) is 8.88. The lowest BCUT2D eigenvalue weighted by molar-refractivity contribution is 0.169. The van der Waals surface area contributed by atoms with Gasteiger partial charge in [-0.3, -0.25) is 4.68 Å². The van der Waals surface area contributed by atoms with Gasteiger partial charge < -0.3 is 36.0 Å². The van der Waals surface area contributed by atoms with Gasteiger partial charge in [0.2, 0.25) is 0 Å². The van der Waals surface area contributed by atoms with Gasteiger partial charge in [-0.2, -0.15) is 5.10 Å². The fourth-order valence-electron chi connectivity index (χ4n) is 13.1. The molecule has 4 N–H and O–H groups in total. The van der Waals surface area contributed by atoms with Gasteiger partial charge in [0.25, 0.3) is 0 Å². The van der Waals surface area contributed by atoms with E-state index in [0.717, 1.165) is 130 Å². The summed E-state index contributed by atoms with van der Waals surface area (Å²) in [7, 11) is 2.05. The fourth-order valence-corrected chi connectivity index (χ4v) is 13.3. The van der Waals surface area contributed by atoms with Crippen molar-refractivity contribution in [3.63, 3.8) is 0 Å². The molecular weight excluding hydrogens is 920 g/mol. The van der Waals surface area contributed by atoms with Crippen molar-refractivity contribution in [3.05, 3.63) is 167 Å². The topological polar surface area (TPSA) is 80.9 Å². The Morgan fingerprint density at radius 2 is 1.50 bits per heavy atom. The van der Waals surface area contributed by atoms with Crippen LogP contribution < -0.4 is 26.2 Å². The van der Waals surface area contributed by atoms with Gasteiger partial charge in [0.15, 0.2) is 5.82 Å². The molecule has 4 saturated heterocycles. The predicted octanol–water partition coefficient (Wildman–Crippen LogP) is 11.8. The van der Waals surface area contributed by atoms with E-state index in [1.807, 2.05) is 24.7 Å². The number of allylic oxidation sites excluding steroid dienone is 2. The van der Waals surface area contributed by atoms with Crippen LogP contribution in [-0.4, -0.2) is 78.0 Å². The third-order valence-electron chi connectivity index (χ3n) is 17.3. The standard InChI is InChI=1S/C60H72ClF2N9/c1-9-43-18-19-49(39(4)64)54(57(43)63)55-53-38(3)60(47-14-11-10-12-15-47,35-46(53)34-51(62)56(55)61)36-65-48-25-31-70(32-26-48)41(6)44-21-27-69(28-22-44)40(5)45-23-29-71(30-24-45)52-17-13-16-50-58(52)68(8)67-59(50)72-33-20-37(2)66-42(72)7/h10-19,34,38,44-45,48,65-66H,2,4-7,9,20-33,35-36,64H2,1,3,8H3. The number of fused-ring (bicyclic) bond motifs is 2. The summed E-state index contributed by atoms with van der Waals surface area (Å²) < 4.78 is 34.6. The molecule has 378 valence electrons. The van der Waals surface area contributed by atoms with Crippen LogP contribution in [0.3, 0.4) is 0 Å². The Morgan fingerprint density at radius 3 is 2.14 bits per heavy atom. The van der Waals surface area contributed by atoms with Gasteiger partial charge in [-0.25, -0.2) is 8.78 Å². The highest BCUT2D eigenvalue weighted by atomic mass is 35.5. The van der Waals surface area contributed by atoms with Gasteiger partial charge >= 0.3 is 0 Å². The van der Waals surface area contributed by atoms with Crippen LogP contribution in [0.1, 0.15) is 92.5 Å². The first kappa shape index (κ1) is 49.5. The molecule has 5 aliphatic rings. The van der Waals surface area contributed by atoms with Crippen LogP contribution >= 0.6 is 11.6 Å². The summed E-state index contributed by atoms with van der Waals surface area (Å²) in [6.45, 7) is 33.2. The molecule has 9 nitrogen and oxygen atoms in total. The molecular formula is C60H72ClF2N9. The maximum Gasteiger partial charge on any atom is 0.164 e. The van der Waals surface area contributed by atoms with Crippen molar-refractivity contribution in [2.45, 2.75) is 89.0 Å². The number of aromatic nitrogens is 2. The predicted molar refractivity (Wildman–Crippen MR) is 294 cm³/mol. The molecule has 5 aromatic rings. The number of para-hydroxylation sites is 1. The summed E-state index contributed by atoms with van der Waals surface area (Å²) in [5.74, 6) is 1.59. The zero-order valence-corrected chi connectivity index (χ0v) is 43.4. The molecule has 0 amide bonds. The highest BCUT2D eigenvalue weighted by Crippen LogP contribution is 2.55. The molecule has 0 spiro atoms. The zero-order chi connectivity index (χ0) is 50.6. The Kier molecular flexibility index (Phi) is 13.8. The number of nitrogens with zero attached hydrogens (tertiary/aromatic N) is 6. The minimum atomic E-state index is -0.555. The molecule has 1 aromatic heterocycles. The number of nitrogens with one attached hydrogen (secondary N) is 2. The summed E-state index contributed by atoms with van der Waals surface area (Å²) in [5, 5.41) is 13.4. The van der Waals surface area contributed by atoms with Gasteiger partial charge in [-0.1, -0.05) is 107 Å². The van der Waals surface area contributed by atoms with E-state index in [1.165, 1.54) is 22.6 Å². The number of piperidine rings is 3. The summed E-state index contributed by atoms with van der Waals surface area (Å²) in [5.41, 5.74) is 16.5. The number of aryl methyl sites for hydroxylation is 2. The summed E-state index contributed by atoms with van der Waals surface area (Å²) in [6.07, 6.45) is 8.26. The summed E-state index contributed by atoms with van der Waals surface area (Å²) in [4.78, 5) is 9.80. The largest absolute Gasteiger partial charge is 0.399 e. The number of hydrogen-bond donors (Lipinski definition) is 3. The first-order chi connectivity index (χ1) is 34.7. The number of anilines is 2. The maximum atomic E-state index is 16.6. The molecule has 2 atom stereocenters. The molecule has 4 fully saturated rings. The van der Waals surface area contributed by atoms with Crippen molar-refractivity contribution in [2.24, 2.45) is 24.6 Å². The SMILES string of the molecule is C=C1CCN(c2nn(C)c3c(N4CCC(C(=C)N5CCC(C(=C)N6CCC(NCC7(c8ccccc8)Cc8cc(F)c(Cl)c(-c9c(C(=C)N)ccc(CC)c9F)c8C7C)CC6)CC5)CC4)cccc23)C(=C)N1. The average molecular weight is 993 g/mol. The van der Waals surface area contributed by atoms with Crippen molar-refractivity contribution in [2.75, 3.05) is 62.2 Å². The number of likely N-dealkylation sites (tertiary alicyclic amines) is 2. The minimum absolute atomic E-state index is 0.0803. The molecule has 12 heteroatoms. The van der Waals surface area contributed by atoms with Crippen molar-refractivity contribution in [1.82, 2.24) is 30.2 Å². The first-order valence-electron chi connectivity index (χ1n) is 26.2. The highest BCUT2D eigenvalue weighted by molar-refractivity contribution is 6.34. The fraction of sp³-hybridized carbons (Fsp3) is 0.417. The second kappa shape index (κ2) is 20.1. The lowest BCUT2D eigenvalue weighted by Crippen LogP contribution is -2.49. The van der Waals surface area contributed by atoms with E-state index in [0.29, 0.717) is 54.0 Å². The Morgan fingerprint density at radius 1 is 0.847 bits per heavy atom. The van der Waals surface area contributed by atoms with Gasteiger partial charge in [0.1, 0.15) is 17.5 Å². The second-order valence-corrected chi connectivity index (χ2v) is 21.6. The Labute approximate surface area is 430 Å². The minimum Gasteiger partial charge on any atom is -0.399 e. The van der Waals surface area contributed by atoms with Crippen LogP contribution in [0, 0.1) is 23.5 Å². The quantitative estimate of drug-likeness (QED) is 0.108. The van der Waals surface area contributed by atoms with Gasteiger partial charge in [-0.05, 0) is 97.7 Å². The number of halogens is 3. The molecule has 5 heterocycles. The van der Waals surface area contributed by atoms with Crippen LogP contribution in [0.15, 0.2) is 123 Å². The van der Waals surface area contributed by atoms with Crippen LogP contribution in [-0.2, 0) is 25.3 Å². The molecule has 10 rings (SSSR count). The van der Waals surface area contributed by atoms with Crippen molar-refractivity contribution in [3.8, 4) is 11.1 Å². The summed E-state index contributed by atoms with van der Waals surface area (Å²) in [6, 6.07) is 22.5. The van der Waals surface area contributed by atoms with Crippen molar-refractivity contribution >= 4 is 39.7 Å². The molecule has 0 radical (unpaired) electrons. The average Bonchev–Trinajstić information content (AvgIpc) is 3.88. The first-order valence-corrected chi connectivity index (χ1v) is 26.6. The van der Waals surface area contributed by atoms with Crippen LogP contribution in [0.25, 0.3) is 27.7 Å². The van der Waals surface area contributed by atoms with Crippen LogP contribution in [0.5, 0.6) is 0 Å². The molecule has 4 aliphatic heterocycles.